The van der Waals surface area contributed by atoms with Gasteiger partial charge in [-0.2, -0.15) is 0 Å². The molecule has 5 nitrogen and oxygen atoms in total. The molecule has 1 N–H and O–H groups in total. The molecule has 0 spiro atoms. The minimum atomic E-state index is -0.406. The number of hydrogen-bond acceptors (Lipinski definition) is 3. The van der Waals surface area contributed by atoms with Crippen molar-refractivity contribution in [3.05, 3.63) is 95.1 Å². The van der Waals surface area contributed by atoms with E-state index in [2.05, 4.69) is 22.3 Å². The Morgan fingerprint density at radius 2 is 1.71 bits per heavy atom. The largest absolute Gasteiger partial charge is 0.319 e. The van der Waals surface area contributed by atoms with E-state index >= 15 is 0 Å². The molecule has 0 aliphatic heterocycles. The Morgan fingerprint density at radius 3 is 2.39 bits per heavy atom. The molecule has 4 rings (SSSR count). The number of hydrogen-bond donors (Lipinski definition) is 1. The van der Waals surface area contributed by atoms with E-state index in [9.17, 15) is 9.18 Å². The number of carbonyl (C=O) groups excluding carboxylic acids is 1. The first kappa shape index (κ1) is 20.5. The monoisotopic (exact) mass is 414 g/mol. The average Bonchev–Trinajstić information content (AvgIpc) is 3.22. The fourth-order valence-corrected chi connectivity index (χ4v) is 3.34. The van der Waals surface area contributed by atoms with Gasteiger partial charge in [0, 0.05) is 11.3 Å². The van der Waals surface area contributed by atoms with Crippen LogP contribution in [0.15, 0.2) is 66.7 Å². The molecule has 156 valence electrons. The van der Waals surface area contributed by atoms with E-state index < -0.39 is 5.91 Å². The highest BCUT2D eigenvalue weighted by Crippen LogP contribution is 2.25. The Bertz CT molecular complexity index is 1230. The van der Waals surface area contributed by atoms with Crippen LogP contribution in [0.25, 0.3) is 17.1 Å². The number of aromatic nitrogens is 3. The Hall–Kier alpha value is -3.80. The van der Waals surface area contributed by atoms with E-state index in [-0.39, 0.29) is 11.6 Å². The summed E-state index contributed by atoms with van der Waals surface area (Å²) >= 11 is 0. The van der Waals surface area contributed by atoms with Gasteiger partial charge in [-0.3, -0.25) is 4.79 Å². The van der Waals surface area contributed by atoms with Crippen molar-refractivity contribution in [1.29, 1.82) is 0 Å². The fraction of sp³-hybridized carbons (Fsp3) is 0.160. The molecule has 0 unspecified atom stereocenters. The van der Waals surface area contributed by atoms with Gasteiger partial charge in [-0.25, -0.2) is 14.1 Å². The molecule has 0 saturated carbocycles. The Balaban J connectivity index is 1.76. The highest BCUT2D eigenvalue weighted by atomic mass is 19.1. The van der Waals surface area contributed by atoms with Crippen LogP contribution < -0.4 is 5.32 Å². The van der Waals surface area contributed by atoms with E-state index in [1.54, 1.807) is 16.8 Å². The second-order valence-electron chi connectivity index (χ2n) is 7.40. The van der Waals surface area contributed by atoms with Crippen molar-refractivity contribution < 1.29 is 9.18 Å². The number of benzene rings is 3. The van der Waals surface area contributed by atoms with Crippen molar-refractivity contribution in [1.82, 2.24) is 14.8 Å². The van der Waals surface area contributed by atoms with Gasteiger partial charge in [0.05, 0.1) is 5.69 Å². The van der Waals surface area contributed by atoms with E-state index in [1.165, 1.54) is 17.7 Å². The van der Waals surface area contributed by atoms with Crippen molar-refractivity contribution in [3.63, 3.8) is 0 Å². The number of rotatable bonds is 5. The van der Waals surface area contributed by atoms with Crippen molar-refractivity contribution in [2.75, 3.05) is 5.32 Å². The molecule has 31 heavy (non-hydrogen) atoms. The lowest BCUT2D eigenvalue weighted by atomic mass is 10.1. The Morgan fingerprint density at radius 1 is 1.00 bits per heavy atom. The van der Waals surface area contributed by atoms with Crippen LogP contribution in [0.3, 0.4) is 0 Å². The molecular formula is C25H23FN4O. The van der Waals surface area contributed by atoms with Crippen LogP contribution in [0.2, 0.25) is 0 Å². The molecule has 1 amide bonds. The van der Waals surface area contributed by atoms with Gasteiger partial charge in [-0.05, 0) is 79.4 Å². The highest BCUT2D eigenvalue weighted by Gasteiger charge is 2.20. The predicted octanol–water partition coefficient (Wildman–Crippen LogP) is 5.50. The number of carbonyl (C=O) groups is 1. The zero-order valence-corrected chi connectivity index (χ0v) is 17.7. The summed E-state index contributed by atoms with van der Waals surface area (Å²) in [4.78, 5) is 17.4. The third kappa shape index (κ3) is 4.23. The molecule has 3 aromatic carbocycles. The first-order valence-electron chi connectivity index (χ1n) is 10.2. The molecule has 1 heterocycles. The summed E-state index contributed by atoms with van der Waals surface area (Å²) in [5.41, 5.74) is 5.47. The quantitative estimate of drug-likeness (QED) is 0.469. The van der Waals surface area contributed by atoms with Gasteiger partial charge < -0.3 is 5.32 Å². The molecule has 0 radical (unpaired) electrons. The van der Waals surface area contributed by atoms with E-state index in [0.29, 0.717) is 17.1 Å². The first-order valence-corrected chi connectivity index (χ1v) is 10.2. The molecule has 4 aromatic rings. The van der Waals surface area contributed by atoms with Crippen LogP contribution in [-0.4, -0.2) is 20.7 Å². The van der Waals surface area contributed by atoms with Gasteiger partial charge >= 0.3 is 0 Å². The highest BCUT2D eigenvalue weighted by molar-refractivity contribution is 6.01. The molecule has 6 heteroatoms. The van der Waals surface area contributed by atoms with Crippen LogP contribution >= 0.6 is 0 Å². The smallest absolute Gasteiger partial charge is 0.295 e. The maximum absolute atomic E-state index is 13.5. The van der Waals surface area contributed by atoms with Crippen LogP contribution in [-0.2, 0) is 6.42 Å². The first-order chi connectivity index (χ1) is 15.0. The van der Waals surface area contributed by atoms with E-state index in [4.69, 9.17) is 0 Å². The van der Waals surface area contributed by atoms with E-state index in [1.807, 2.05) is 56.3 Å². The molecule has 0 aliphatic rings. The van der Waals surface area contributed by atoms with Crippen molar-refractivity contribution >= 4 is 11.6 Å². The summed E-state index contributed by atoms with van der Waals surface area (Å²) in [5.74, 6) is -0.230. The van der Waals surface area contributed by atoms with Crippen LogP contribution in [0, 0.1) is 19.7 Å². The van der Waals surface area contributed by atoms with Crippen LogP contribution in [0.1, 0.15) is 34.2 Å². The standard InChI is InChI=1S/C25H23FN4O/c1-4-18-8-14-21(15-9-18)27-25(31)23-28-24(19-10-12-20(26)13-11-19)30(29-23)22-7-5-6-16(2)17(22)3/h5-15H,4H2,1-3H3,(H,27,31). The van der Waals surface area contributed by atoms with Gasteiger partial charge in [-0.1, -0.05) is 31.2 Å². The minimum absolute atomic E-state index is 0.0415. The molecule has 0 bridgehead atoms. The molecule has 0 fully saturated rings. The second-order valence-corrected chi connectivity index (χ2v) is 7.40. The Kier molecular flexibility index (Phi) is 5.62. The number of amides is 1. The normalized spacial score (nSPS) is 10.8. The SMILES string of the molecule is CCc1ccc(NC(=O)c2nc(-c3ccc(F)cc3)n(-c3cccc(C)c3C)n2)cc1. The average molecular weight is 414 g/mol. The number of nitrogens with zero attached hydrogens (tertiary/aromatic N) is 3. The molecular weight excluding hydrogens is 391 g/mol. The third-order valence-corrected chi connectivity index (χ3v) is 5.34. The maximum Gasteiger partial charge on any atom is 0.295 e. The van der Waals surface area contributed by atoms with Gasteiger partial charge in [-0.15, -0.1) is 5.10 Å². The van der Waals surface area contributed by atoms with Crippen molar-refractivity contribution in [2.45, 2.75) is 27.2 Å². The zero-order valence-electron chi connectivity index (χ0n) is 17.7. The van der Waals surface area contributed by atoms with Gasteiger partial charge in [0.25, 0.3) is 5.91 Å². The van der Waals surface area contributed by atoms with Crippen molar-refractivity contribution in [2.24, 2.45) is 0 Å². The Labute approximate surface area is 180 Å². The van der Waals surface area contributed by atoms with E-state index in [0.717, 1.165) is 23.2 Å². The van der Waals surface area contributed by atoms with Gasteiger partial charge in [0.15, 0.2) is 5.82 Å². The summed E-state index contributed by atoms with van der Waals surface area (Å²) in [6.07, 6.45) is 0.928. The molecule has 0 atom stereocenters. The lowest BCUT2D eigenvalue weighted by molar-refractivity contribution is 0.101. The molecule has 0 aliphatic carbocycles. The number of anilines is 1. The predicted molar refractivity (Wildman–Crippen MR) is 120 cm³/mol. The summed E-state index contributed by atoms with van der Waals surface area (Å²) < 4.78 is 15.1. The lowest BCUT2D eigenvalue weighted by Gasteiger charge is -2.11. The van der Waals surface area contributed by atoms with Crippen LogP contribution in [0.4, 0.5) is 10.1 Å². The minimum Gasteiger partial charge on any atom is -0.319 e. The van der Waals surface area contributed by atoms with Crippen LogP contribution in [0.5, 0.6) is 0 Å². The van der Waals surface area contributed by atoms with Gasteiger partial charge in [0.2, 0.25) is 5.82 Å². The number of halogens is 1. The summed E-state index contributed by atoms with van der Waals surface area (Å²) in [5, 5.41) is 7.36. The topological polar surface area (TPSA) is 59.8 Å². The van der Waals surface area contributed by atoms with Crippen molar-refractivity contribution in [3.8, 4) is 17.1 Å². The summed E-state index contributed by atoms with van der Waals surface area (Å²) in [6.45, 7) is 6.09. The van der Waals surface area contributed by atoms with Gasteiger partial charge in [0.1, 0.15) is 5.82 Å². The molecule has 1 aromatic heterocycles. The maximum atomic E-state index is 13.5. The second kappa shape index (κ2) is 8.52. The molecule has 0 saturated heterocycles. The summed E-state index contributed by atoms with van der Waals surface area (Å²) in [7, 11) is 0. The lowest BCUT2D eigenvalue weighted by Crippen LogP contribution is -2.14. The number of aryl methyl sites for hydroxylation is 2. The fourth-order valence-electron chi connectivity index (χ4n) is 3.34. The third-order valence-electron chi connectivity index (χ3n) is 5.34. The summed E-state index contributed by atoms with van der Waals surface area (Å²) in [6, 6.07) is 19.5. The number of nitrogens with one attached hydrogen (secondary N) is 1. The zero-order chi connectivity index (χ0) is 22.0.